The van der Waals surface area contributed by atoms with Crippen molar-refractivity contribution >= 4 is 11.8 Å². The van der Waals surface area contributed by atoms with Crippen LogP contribution in [0.15, 0.2) is 36.9 Å². The Hall–Kier alpha value is -2.18. The Kier molecular flexibility index (Phi) is 7.66. The second kappa shape index (κ2) is 10.2. The number of hydrogen-bond donors (Lipinski definition) is 1. The molecule has 1 aromatic rings. The van der Waals surface area contributed by atoms with E-state index in [0.717, 1.165) is 31.4 Å². The van der Waals surface area contributed by atoms with Crippen LogP contribution >= 0.6 is 0 Å². The van der Waals surface area contributed by atoms with Crippen molar-refractivity contribution in [2.24, 2.45) is 34.0 Å². The monoisotopic (exact) mass is 511 g/mol. The van der Waals surface area contributed by atoms with E-state index < -0.39 is 29.0 Å². The predicted molar refractivity (Wildman–Crippen MR) is 144 cm³/mol. The van der Waals surface area contributed by atoms with Crippen LogP contribution in [0.3, 0.4) is 0 Å². The first-order valence-electron chi connectivity index (χ1n) is 13.8. The summed E-state index contributed by atoms with van der Waals surface area (Å²) in [7, 11) is 4.01. The third-order valence-electron chi connectivity index (χ3n) is 10.3. The maximum atomic E-state index is 13.5. The lowest BCUT2D eigenvalue weighted by molar-refractivity contribution is -0.207. The lowest BCUT2D eigenvalue weighted by Crippen LogP contribution is -2.63. The van der Waals surface area contributed by atoms with E-state index in [0.29, 0.717) is 18.6 Å². The number of ether oxygens (including phenoxy) is 2. The van der Waals surface area contributed by atoms with Crippen molar-refractivity contribution in [3.8, 4) is 5.75 Å². The van der Waals surface area contributed by atoms with Gasteiger partial charge in [0.2, 0.25) is 0 Å². The van der Waals surface area contributed by atoms with E-state index in [4.69, 9.17) is 9.47 Å². The lowest BCUT2D eigenvalue weighted by atomic mass is 9.44. The molecule has 37 heavy (non-hydrogen) atoms. The van der Waals surface area contributed by atoms with Gasteiger partial charge in [0.1, 0.15) is 17.6 Å². The highest BCUT2D eigenvalue weighted by Gasteiger charge is 2.68. The van der Waals surface area contributed by atoms with Crippen molar-refractivity contribution in [3.63, 3.8) is 0 Å². The molecule has 3 fully saturated rings. The van der Waals surface area contributed by atoms with E-state index in [-0.39, 0.29) is 35.6 Å². The van der Waals surface area contributed by atoms with Gasteiger partial charge in [-0.25, -0.2) is 4.79 Å². The predicted octanol–water partition coefficient (Wildman–Crippen LogP) is 5.03. The lowest BCUT2D eigenvalue weighted by Gasteiger charge is -2.61. The van der Waals surface area contributed by atoms with E-state index in [1.165, 1.54) is 0 Å². The summed E-state index contributed by atoms with van der Waals surface area (Å²) in [5, 5.41) is 11.6. The Labute approximate surface area is 222 Å². The minimum Gasteiger partial charge on any atom is -0.482 e. The summed E-state index contributed by atoms with van der Waals surface area (Å²) >= 11 is 0. The highest BCUT2D eigenvalue weighted by atomic mass is 16.6. The summed E-state index contributed by atoms with van der Waals surface area (Å²) in [6, 6.07) is 7.72. The molecule has 2 bridgehead atoms. The van der Waals surface area contributed by atoms with Gasteiger partial charge in [0.15, 0.2) is 6.61 Å². The number of benzene rings is 1. The molecule has 6 nitrogen and oxygen atoms in total. The number of esters is 1. The van der Waals surface area contributed by atoms with E-state index in [2.05, 4.69) is 32.3 Å². The SMILES string of the molecule is C=C[C@]1(C)C[C@@H](OC(=O)COc2cccc(CN(C)C)c2)[C@]2(C)C(C)CCC3(CCC(=O)C32)[C@@H](C)[C@@H]1O. The average molecular weight is 512 g/mol. The Bertz CT molecular complexity index is 1040. The molecule has 3 saturated carbocycles. The quantitative estimate of drug-likeness (QED) is 0.409. The molecule has 3 aliphatic carbocycles. The summed E-state index contributed by atoms with van der Waals surface area (Å²) in [6.45, 7) is 13.1. The van der Waals surface area contributed by atoms with Gasteiger partial charge in [0.05, 0.1) is 6.10 Å². The molecule has 1 N–H and O–H groups in total. The number of aliphatic hydroxyl groups excluding tert-OH is 1. The Morgan fingerprint density at radius 3 is 2.65 bits per heavy atom. The van der Waals surface area contributed by atoms with E-state index in [1.54, 1.807) is 0 Å². The molecule has 0 aliphatic heterocycles. The summed E-state index contributed by atoms with van der Waals surface area (Å²) in [4.78, 5) is 28.8. The topological polar surface area (TPSA) is 76.1 Å². The molecular formula is C31H45NO5. The molecule has 3 unspecified atom stereocenters. The molecule has 0 aromatic heterocycles. The molecule has 0 saturated heterocycles. The Morgan fingerprint density at radius 1 is 1.24 bits per heavy atom. The van der Waals surface area contributed by atoms with Crippen molar-refractivity contribution in [2.45, 2.75) is 78.6 Å². The van der Waals surface area contributed by atoms with Gasteiger partial charge in [0.25, 0.3) is 0 Å². The third-order valence-corrected chi connectivity index (χ3v) is 10.3. The molecule has 8 atom stereocenters. The minimum absolute atomic E-state index is 0.0480. The van der Waals surface area contributed by atoms with Crippen LogP contribution in [0.5, 0.6) is 5.75 Å². The van der Waals surface area contributed by atoms with Crippen LogP contribution in [0.2, 0.25) is 0 Å². The Morgan fingerprint density at radius 2 is 1.97 bits per heavy atom. The van der Waals surface area contributed by atoms with Crippen molar-refractivity contribution in [3.05, 3.63) is 42.5 Å². The highest BCUT2D eigenvalue weighted by Crippen LogP contribution is 2.68. The Balaban J connectivity index is 1.62. The molecular weight excluding hydrogens is 466 g/mol. The molecule has 0 spiro atoms. The van der Waals surface area contributed by atoms with Crippen molar-refractivity contribution in [2.75, 3.05) is 20.7 Å². The van der Waals surface area contributed by atoms with Gasteiger partial charge in [-0.1, -0.05) is 45.9 Å². The number of nitrogens with zero attached hydrogens (tertiary/aromatic N) is 1. The standard InChI is InChI=1S/C31H45NO5/c1-8-29(4)17-25(37-26(34)19-36-23-11-9-10-22(16-23)18-32(6)7)30(5)20(2)12-14-31(21(3)28(29)35)15-13-24(33)27(30)31/h8-11,16,20-21,25,27-28,35H,1,12-15,17-19H2,2-7H3/t20?,21-,25+,27?,28-,29+,30-,31?/m0/s1. The van der Waals surface area contributed by atoms with Crippen molar-refractivity contribution < 1.29 is 24.2 Å². The number of carbonyl (C=O) groups excluding carboxylic acids is 2. The zero-order chi connectivity index (χ0) is 27.2. The number of ketones is 1. The summed E-state index contributed by atoms with van der Waals surface area (Å²) in [5.41, 5.74) is -0.351. The van der Waals surface area contributed by atoms with Crippen LogP contribution in [0.4, 0.5) is 0 Å². The minimum atomic E-state index is -0.673. The number of carbonyl (C=O) groups is 2. The first-order valence-corrected chi connectivity index (χ1v) is 13.8. The molecule has 6 heteroatoms. The molecule has 1 aromatic carbocycles. The second-order valence-corrected chi connectivity index (χ2v) is 12.7. The van der Waals surface area contributed by atoms with Crippen LogP contribution in [0.1, 0.15) is 65.4 Å². The van der Waals surface area contributed by atoms with Crippen LogP contribution in [-0.2, 0) is 20.9 Å². The largest absolute Gasteiger partial charge is 0.482 e. The second-order valence-electron chi connectivity index (χ2n) is 12.7. The fraction of sp³-hybridized carbons (Fsp3) is 0.677. The molecule has 0 heterocycles. The van der Waals surface area contributed by atoms with E-state index in [9.17, 15) is 14.7 Å². The first-order chi connectivity index (χ1) is 17.4. The van der Waals surface area contributed by atoms with Gasteiger partial charge in [-0.3, -0.25) is 4.79 Å². The maximum absolute atomic E-state index is 13.5. The summed E-state index contributed by atoms with van der Waals surface area (Å²) < 4.78 is 12.1. The summed E-state index contributed by atoms with van der Waals surface area (Å²) in [5.74, 6) is 0.345. The van der Waals surface area contributed by atoms with E-state index in [1.807, 2.05) is 51.4 Å². The molecule has 0 amide bonds. The van der Waals surface area contributed by atoms with Crippen LogP contribution in [0.25, 0.3) is 0 Å². The smallest absolute Gasteiger partial charge is 0.344 e. The van der Waals surface area contributed by atoms with Gasteiger partial charge in [-0.05, 0) is 74.7 Å². The van der Waals surface area contributed by atoms with Crippen LogP contribution < -0.4 is 4.74 Å². The van der Waals surface area contributed by atoms with Gasteiger partial charge in [-0.15, -0.1) is 6.58 Å². The summed E-state index contributed by atoms with van der Waals surface area (Å²) in [6.07, 6.45) is 4.22. The van der Waals surface area contributed by atoms with E-state index >= 15 is 0 Å². The molecule has 3 aliphatic rings. The average Bonchev–Trinajstić information content (AvgIpc) is 3.21. The zero-order valence-corrected chi connectivity index (χ0v) is 23.5. The fourth-order valence-electron chi connectivity index (χ4n) is 7.94. The third kappa shape index (κ3) is 4.76. The van der Waals surface area contributed by atoms with Gasteiger partial charge >= 0.3 is 5.97 Å². The van der Waals surface area contributed by atoms with Crippen LogP contribution in [0, 0.1) is 34.0 Å². The van der Waals surface area contributed by atoms with Crippen molar-refractivity contribution in [1.82, 2.24) is 4.90 Å². The van der Waals surface area contributed by atoms with Gasteiger partial charge in [0, 0.05) is 29.7 Å². The first kappa shape index (κ1) is 27.8. The van der Waals surface area contributed by atoms with Gasteiger partial charge < -0.3 is 19.5 Å². The molecule has 4 rings (SSSR count). The zero-order valence-electron chi connectivity index (χ0n) is 23.5. The van der Waals surface area contributed by atoms with Crippen molar-refractivity contribution in [1.29, 1.82) is 0 Å². The van der Waals surface area contributed by atoms with Gasteiger partial charge in [-0.2, -0.15) is 0 Å². The molecule has 204 valence electrons. The highest BCUT2D eigenvalue weighted by molar-refractivity contribution is 5.85. The molecule has 0 radical (unpaired) electrons. The fourth-order valence-corrected chi connectivity index (χ4v) is 7.94. The normalized spacial score (nSPS) is 39.5. The van der Waals surface area contributed by atoms with Crippen LogP contribution in [-0.4, -0.2) is 54.7 Å². The number of aliphatic hydroxyl groups is 1. The number of rotatable bonds is 7. The number of hydrogen-bond acceptors (Lipinski definition) is 6. The number of Topliss-reactive ketones (excluding diaryl/α,β-unsaturated/α-hetero) is 1. The maximum Gasteiger partial charge on any atom is 0.344 e.